The molecule has 0 saturated carbocycles. The molecule has 102 valence electrons. The van der Waals surface area contributed by atoms with Crippen LogP contribution in [0.25, 0.3) is 0 Å². The summed E-state index contributed by atoms with van der Waals surface area (Å²) in [6, 6.07) is 11.4. The molecule has 2 aromatic rings. The van der Waals surface area contributed by atoms with Crippen LogP contribution in [0, 0.1) is 11.3 Å². The van der Waals surface area contributed by atoms with E-state index in [0.717, 1.165) is 12.1 Å². The van der Waals surface area contributed by atoms with Crippen LogP contribution in [0.2, 0.25) is 0 Å². The molecule has 0 aromatic heterocycles. The summed E-state index contributed by atoms with van der Waals surface area (Å²) in [5, 5.41) is 11.6. The lowest BCUT2D eigenvalue weighted by Crippen LogP contribution is -2.05. The van der Waals surface area contributed by atoms with Crippen molar-refractivity contribution in [2.75, 3.05) is 11.1 Å². The number of nitrogens with zero attached hydrogens (tertiary/aromatic N) is 1. The topological polar surface area (TPSA) is 61.8 Å². The highest BCUT2D eigenvalue weighted by Gasteiger charge is 2.30. The first kappa shape index (κ1) is 13.7. The molecule has 6 heteroatoms. The summed E-state index contributed by atoms with van der Waals surface area (Å²) >= 11 is 0. The van der Waals surface area contributed by atoms with Gasteiger partial charge in [0.1, 0.15) is 6.07 Å². The first-order valence-corrected chi connectivity index (χ1v) is 5.64. The predicted molar refractivity (Wildman–Crippen MR) is 70.3 cm³/mol. The Morgan fingerprint density at radius 2 is 1.80 bits per heavy atom. The summed E-state index contributed by atoms with van der Waals surface area (Å²) in [7, 11) is 0. The first-order valence-electron chi connectivity index (χ1n) is 5.64. The van der Waals surface area contributed by atoms with Crippen molar-refractivity contribution in [3.05, 3.63) is 53.6 Å². The Kier molecular flexibility index (Phi) is 3.53. The lowest BCUT2D eigenvalue weighted by Gasteiger charge is -2.12. The van der Waals surface area contributed by atoms with E-state index < -0.39 is 11.7 Å². The number of nitriles is 1. The molecule has 0 radical (unpaired) electrons. The van der Waals surface area contributed by atoms with E-state index in [1.807, 2.05) is 6.07 Å². The first-order chi connectivity index (χ1) is 9.41. The molecule has 0 saturated heterocycles. The lowest BCUT2D eigenvalue weighted by molar-refractivity contribution is -0.137. The molecule has 0 heterocycles. The second kappa shape index (κ2) is 5.13. The zero-order valence-corrected chi connectivity index (χ0v) is 10.2. The van der Waals surface area contributed by atoms with Crippen molar-refractivity contribution >= 4 is 17.1 Å². The van der Waals surface area contributed by atoms with E-state index >= 15 is 0 Å². The molecule has 0 spiro atoms. The van der Waals surface area contributed by atoms with Crippen molar-refractivity contribution < 1.29 is 13.2 Å². The van der Waals surface area contributed by atoms with Gasteiger partial charge in [0.05, 0.1) is 22.5 Å². The Balaban J connectivity index is 2.34. The molecule has 0 aliphatic rings. The number of nitrogens with two attached hydrogens (primary N) is 1. The largest absolute Gasteiger partial charge is 0.416 e. The number of hydrogen-bond acceptors (Lipinski definition) is 3. The molecule has 2 aromatic carbocycles. The molecule has 0 fully saturated rings. The summed E-state index contributed by atoms with van der Waals surface area (Å²) < 4.78 is 37.8. The minimum absolute atomic E-state index is 0.201. The summed E-state index contributed by atoms with van der Waals surface area (Å²) in [4.78, 5) is 0. The van der Waals surface area contributed by atoms with Gasteiger partial charge in [-0.2, -0.15) is 18.4 Å². The van der Waals surface area contributed by atoms with E-state index in [4.69, 9.17) is 11.0 Å². The number of para-hydroxylation sites is 1. The van der Waals surface area contributed by atoms with Gasteiger partial charge in [0.15, 0.2) is 0 Å². The predicted octanol–water partition coefficient (Wildman–Crippen LogP) is 3.90. The number of nitrogens with one attached hydrogen (secondary N) is 1. The maximum absolute atomic E-state index is 12.6. The highest BCUT2D eigenvalue weighted by atomic mass is 19.4. The van der Waals surface area contributed by atoms with Crippen LogP contribution in [-0.4, -0.2) is 0 Å². The molecular formula is C14H10F3N3. The van der Waals surface area contributed by atoms with Crippen molar-refractivity contribution in [3.63, 3.8) is 0 Å². The molecule has 0 amide bonds. The van der Waals surface area contributed by atoms with Crippen molar-refractivity contribution in [1.29, 1.82) is 5.26 Å². The van der Waals surface area contributed by atoms with Crippen LogP contribution in [-0.2, 0) is 6.18 Å². The van der Waals surface area contributed by atoms with Gasteiger partial charge in [0.25, 0.3) is 0 Å². The van der Waals surface area contributed by atoms with Crippen LogP contribution in [0.3, 0.4) is 0 Å². The van der Waals surface area contributed by atoms with Gasteiger partial charge >= 0.3 is 6.18 Å². The fourth-order valence-electron chi connectivity index (χ4n) is 1.70. The van der Waals surface area contributed by atoms with Crippen LogP contribution >= 0.6 is 0 Å². The third-order valence-corrected chi connectivity index (χ3v) is 2.70. The number of benzene rings is 2. The highest BCUT2D eigenvalue weighted by molar-refractivity contribution is 5.77. The maximum Gasteiger partial charge on any atom is 0.416 e. The van der Waals surface area contributed by atoms with Crippen LogP contribution in [0.5, 0.6) is 0 Å². The van der Waals surface area contributed by atoms with E-state index in [1.165, 1.54) is 18.2 Å². The molecule has 0 aliphatic carbocycles. The monoisotopic (exact) mass is 277 g/mol. The molecule has 2 rings (SSSR count). The zero-order chi connectivity index (χ0) is 14.8. The molecule has 20 heavy (non-hydrogen) atoms. The van der Waals surface area contributed by atoms with Crippen LogP contribution in [0.4, 0.5) is 30.2 Å². The summed E-state index contributed by atoms with van der Waals surface area (Å²) in [6.07, 6.45) is -4.41. The van der Waals surface area contributed by atoms with Gasteiger partial charge in [-0.25, -0.2) is 0 Å². The lowest BCUT2D eigenvalue weighted by atomic mass is 10.1. The minimum atomic E-state index is -4.41. The SMILES string of the molecule is N#Cc1cccc(Nc2cccc(C(F)(F)F)c2)c1N. The van der Waals surface area contributed by atoms with E-state index in [9.17, 15) is 13.2 Å². The van der Waals surface area contributed by atoms with Crippen LogP contribution in [0.1, 0.15) is 11.1 Å². The fourth-order valence-corrected chi connectivity index (χ4v) is 1.70. The van der Waals surface area contributed by atoms with Gasteiger partial charge in [0, 0.05) is 5.69 Å². The van der Waals surface area contributed by atoms with Crippen molar-refractivity contribution in [2.24, 2.45) is 0 Å². The summed E-state index contributed by atoms with van der Waals surface area (Å²) in [6.45, 7) is 0. The number of hydrogen-bond donors (Lipinski definition) is 2. The molecule has 3 nitrogen and oxygen atoms in total. The van der Waals surface area contributed by atoms with E-state index in [1.54, 1.807) is 12.1 Å². The van der Waals surface area contributed by atoms with E-state index in [0.29, 0.717) is 5.69 Å². The Bertz CT molecular complexity index is 672. The van der Waals surface area contributed by atoms with Gasteiger partial charge in [-0.1, -0.05) is 12.1 Å². The molecular weight excluding hydrogens is 267 g/mol. The van der Waals surface area contributed by atoms with Crippen LogP contribution < -0.4 is 11.1 Å². The standard InChI is InChI=1S/C14H10F3N3/c15-14(16,17)10-4-2-5-11(7-10)20-12-6-1-3-9(8-18)13(12)19/h1-7,20H,19H2. The Morgan fingerprint density at radius 1 is 1.10 bits per heavy atom. The molecule has 0 atom stereocenters. The Labute approximate surface area is 113 Å². The average Bonchev–Trinajstić information content (AvgIpc) is 2.40. The van der Waals surface area contributed by atoms with Gasteiger partial charge in [-0.15, -0.1) is 0 Å². The number of rotatable bonds is 2. The number of halogens is 3. The van der Waals surface area contributed by atoms with Gasteiger partial charge < -0.3 is 11.1 Å². The molecule has 3 N–H and O–H groups in total. The van der Waals surface area contributed by atoms with Gasteiger partial charge in [0.2, 0.25) is 0 Å². The average molecular weight is 277 g/mol. The van der Waals surface area contributed by atoms with Crippen molar-refractivity contribution in [1.82, 2.24) is 0 Å². The Morgan fingerprint density at radius 3 is 2.45 bits per heavy atom. The van der Waals surface area contributed by atoms with E-state index in [2.05, 4.69) is 5.32 Å². The second-order valence-electron chi connectivity index (χ2n) is 4.08. The quantitative estimate of drug-likeness (QED) is 0.818. The summed E-state index contributed by atoms with van der Waals surface area (Å²) in [5.41, 5.74) is 6.12. The smallest absolute Gasteiger partial charge is 0.396 e. The Hall–Kier alpha value is -2.68. The molecule has 0 aliphatic heterocycles. The summed E-state index contributed by atoms with van der Waals surface area (Å²) in [5.74, 6) is 0. The molecule has 0 bridgehead atoms. The third kappa shape index (κ3) is 2.83. The van der Waals surface area contributed by atoms with Crippen LogP contribution in [0.15, 0.2) is 42.5 Å². The third-order valence-electron chi connectivity index (χ3n) is 2.70. The van der Waals surface area contributed by atoms with Gasteiger partial charge in [-0.3, -0.25) is 0 Å². The molecule has 0 unspecified atom stereocenters. The number of anilines is 3. The normalized spacial score (nSPS) is 10.9. The number of alkyl halides is 3. The van der Waals surface area contributed by atoms with Crippen molar-refractivity contribution in [2.45, 2.75) is 6.18 Å². The second-order valence-corrected chi connectivity index (χ2v) is 4.08. The number of nitrogen functional groups attached to an aromatic ring is 1. The fraction of sp³-hybridized carbons (Fsp3) is 0.0714. The zero-order valence-electron chi connectivity index (χ0n) is 10.2. The van der Waals surface area contributed by atoms with Crippen molar-refractivity contribution in [3.8, 4) is 6.07 Å². The van der Waals surface area contributed by atoms with Gasteiger partial charge in [-0.05, 0) is 30.3 Å². The van der Waals surface area contributed by atoms with E-state index in [-0.39, 0.29) is 16.9 Å². The maximum atomic E-state index is 12.6. The highest BCUT2D eigenvalue weighted by Crippen LogP contribution is 2.32. The minimum Gasteiger partial charge on any atom is -0.396 e.